The number of nitrogens with zero attached hydrogens (tertiary/aromatic N) is 2. The van der Waals surface area contributed by atoms with E-state index in [2.05, 4.69) is 4.98 Å². The van der Waals surface area contributed by atoms with E-state index in [-0.39, 0.29) is 11.9 Å². The number of carbonyl (C=O) groups is 1. The number of amides is 1. The molecule has 2 aromatic heterocycles. The summed E-state index contributed by atoms with van der Waals surface area (Å²) in [5.41, 5.74) is 0.452. The number of hydrogen-bond donors (Lipinski definition) is 1. The highest BCUT2D eigenvalue weighted by Crippen LogP contribution is 2.28. The normalized spacial score (nSPS) is 12.7. The van der Waals surface area contributed by atoms with Gasteiger partial charge in [-0.2, -0.15) is 0 Å². The Labute approximate surface area is 126 Å². The standard InChI is InChI=1S/C14H18N2O2S2/c1-9(2)16(7-10(3)17)14(18)11-8-20-13(15-11)12-5-4-6-19-12/h4-6,8-10,17H,7H2,1-3H3. The lowest BCUT2D eigenvalue weighted by atomic mass is 10.2. The molecule has 2 rings (SSSR count). The van der Waals surface area contributed by atoms with Crippen LogP contribution in [0.3, 0.4) is 0 Å². The summed E-state index contributed by atoms with van der Waals surface area (Å²) in [5, 5.41) is 14.2. The number of thiophene rings is 1. The number of rotatable bonds is 5. The number of thiazole rings is 1. The van der Waals surface area contributed by atoms with Crippen molar-refractivity contribution < 1.29 is 9.90 Å². The molecule has 20 heavy (non-hydrogen) atoms. The van der Waals surface area contributed by atoms with Crippen LogP contribution in [0.15, 0.2) is 22.9 Å². The van der Waals surface area contributed by atoms with Gasteiger partial charge in [0, 0.05) is 18.0 Å². The molecule has 1 amide bonds. The maximum atomic E-state index is 12.5. The largest absolute Gasteiger partial charge is 0.392 e. The number of aliphatic hydroxyl groups excluding tert-OH is 1. The zero-order valence-electron chi connectivity index (χ0n) is 11.7. The molecular formula is C14H18N2O2S2. The molecule has 0 aliphatic rings. The van der Waals surface area contributed by atoms with Gasteiger partial charge in [-0.15, -0.1) is 22.7 Å². The minimum absolute atomic E-state index is 0.0315. The Morgan fingerprint density at radius 3 is 2.70 bits per heavy atom. The molecule has 1 unspecified atom stereocenters. The predicted octanol–water partition coefficient (Wildman–Crippen LogP) is 3.10. The van der Waals surface area contributed by atoms with Crippen LogP contribution in [0, 0.1) is 0 Å². The number of aliphatic hydroxyl groups is 1. The van der Waals surface area contributed by atoms with E-state index in [9.17, 15) is 9.90 Å². The third-order valence-electron chi connectivity index (χ3n) is 2.80. The highest BCUT2D eigenvalue weighted by atomic mass is 32.1. The Morgan fingerprint density at radius 2 is 2.15 bits per heavy atom. The molecule has 108 valence electrons. The zero-order chi connectivity index (χ0) is 14.7. The van der Waals surface area contributed by atoms with Gasteiger partial charge in [-0.25, -0.2) is 4.98 Å². The molecule has 1 N–H and O–H groups in total. The second kappa shape index (κ2) is 6.47. The van der Waals surface area contributed by atoms with Crippen LogP contribution in [0.25, 0.3) is 9.88 Å². The molecule has 0 spiro atoms. The summed E-state index contributed by atoms with van der Waals surface area (Å²) < 4.78 is 0. The van der Waals surface area contributed by atoms with Crippen molar-refractivity contribution in [1.29, 1.82) is 0 Å². The summed E-state index contributed by atoms with van der Waals surface area (Å²) in [4.78, 5) is 19.6. The third-order valence-corrected chi connectivity index (χ3v) is 4.68. The molecule has 1 atom stereocenters. The minimum atomic E-state index is -0.545. The van der Waals surface area contributed by atoms with E-state index in [0.29, 0.717) is 12.2 Å². The van der Waals surface area contributed by atoms with Crippen LogP contribution in [-0.4, -0.2) is 39.6 Å². The minimum Gasteiger partial charge on any atom is -0.392 e. The molecule has 0 radical (unpaired) electrons. The Hall–Kier alpha value is -1.24. The average molecular weight is 310 g/mol. The van der Waals surface area contributed by atoms with Gasteiger partial charge in [-0.05, 0) is 32.2 Å². The summed E-state index contributed by atoms with van der Waals surface area (Å²) >= 11 is 3.08. The Balaban J connectivity index is 2.19. The van der Waals surface area contributed by atoms with E-state index >= 15 is 0 Å². The lowest BCUT2D eigenvalue weighted by Gasteiger charge is -2.27. The van der Waals surface area contributed by atoms with Gasteiger partial charge in [0.2, 0.25) is 0 Å². The van der Waals surface area contributed by atoms with Gasteiger partial charge in [0.05, 0.1) is 11.0 Å². The molecule has 2 aromatic rings. The maximum absolute atomic E-state index is 12.5. The molecule has 0 bridgehead atoms. The Bertz CT molecular complexity index is 562. The van der Waals surface area contributed by atoms with Crippen molar-refractivity contribution in [3.05, 3.63) is 28.6 Å². The molecule has 4 nitrogen and oxygen atoms in total. The van der Waals surface area contributed by atoms with Crippen molar-refractivity contribution in [2.24, 2.45) is 0 Å². The fraction of sp³-hybridized carbons (Fsp3) is 0.429. The van der Waals surface area contributed by atoms with Crippen LogP contribution in [0.2, 0.25) is 0 Å². The van der Waals surface area contributed by atoms with Crippen molar-refractivity contribution in [3.8, 4) is 9.88 Å². The molecule has 0 saturated carbocycles. The summed E-state index contributed by atoms with van der Waals surface area (Å²) in [6, 6.07) is 3.99. The Morgan fingerprint density at radius 1 is 1.40 bits per heavy atom. The van der Waals surface area contributed by atoms with E-state index in [4.69, 9.17) is 0 Å². The van der Waals surface area contributed by atoms with Crippen molar-refractivity contribution in [2.45, 2.75) is 32.9 Å². The number of carbonyl (C=O) groups excluding carboxylic acids is 1. The Kier molecular flexibility index (Phi) is 4.91. The zero-order valence-corrected chi connectivity index (χ0v) is 13.4. The van der Waals surface area contributed by atoms with E-state index in [1.54, 1.807) is 28.5 Å². The monoisotopic (exact) mass is 310 g/mol. The van der Waals surface area contributed by atoms with Crippen molar-refractivity contribution in [3.63, 3.8) is 0 Å². The van der Waals surface area contributed by atoms with E-state index < -0.39 is 6.10 Å². The van der Waals surface area contributed by atoms with Crippen molar-refractivity contribution >= 4 is 28.6 Å². The maximum Gasteiger partial charge on any atom is 0.273 e. The molecular weight excluding hydrogens is 292 g/mol. The SMILES string of the molecule is CC(O)CN(C(=O)c1csc(-c2cccs2)n1)C(C)C. The molecule has 2 heterocycles. The van der Waals surface area contributed by atoms with Gasteiger partial charge in [0.1, 0.15) is 10.7 Å². The smallest absolute Gasteiger partial charge is 0.273 e. The second-order valence-corrected chi connectivity index (χ2v) is 6.72. The molecule has 0 aliphatic heterocycles. The summed E-state index contributed by atoms with van der Waals surface area (Å²) in [6.07, 6.45) is -0.545. The molecule has 0 aliphatic carbocycles. The first-order valence-electron chi connectivity index (χ1n) is 6.47. The molecule has 6 heteroatoms. The second-order valence-electron chi connectivity index (χ2n) is 4.92. The van der Waals surface area contributed by atoms with E-state index in [0.717, 1.165) is 9.88 Å². The van der Waals surface area contributed by atoms with Crippen molar-refractivity contribution in [1.82, 2.24) is 9.88 Å². The first-order valence-corrected chi connectivity index (χ1v) is 8.23. The van der Waals surface area contributed by atoms with Gasteiger partial charge in [-0.3, -0.25) is 4.79 Å². The van der Waals surface area contributed by atoms with Crippen LogP contribution in [0.4, 0.5) is 0 Å². The molecule has 0 saturated heterocycles. The average Bonchev–Trinajstić information content (AvgIpc) is 3.04. The summed E-state index contributed by atoms with van der Waals surface area (Å²) in [6.45, 7) is 5.88. The van der Waals surface area contributed by atoms with Gasteiger partial charge in [-0.1, -0.05) is 6.07 Å². The third kappa shape index (κ3) is 3.45. The molecule has 0 aromatic carbocycles. The van der Waals surface area contributed by atoms with E-state index in [1.165, 1.54) is 11.3 Å². The number of hydrogen-bond acceptors (Lipinski definition) is 5. The fourth-order valence-electron chi connectivity index (χ4n) is 1.85. The first kappa shape index (κ1) is 15.2. The van der Waals surface area contributed by atoms with Crippen LogP contribution < -0.4 is 0 Å². The van der Waals surface area contributed by atoms with Crippen LogP contribution in [-0.2, 0) is 0 Å². The number of aromatic nitrogens is 1. The van der Waals surface area contributed by atoms with Gasteiger partial charge in [0.25, 0.3) is 5.91 Å². The highest BCUT2D eigenvalue weighted by Gasteiger charge is 2.22. The quantitative estimate of drug-likeness (QED) is 0.923. The van der Waals surface area contributed by atoms with Crippen LogP contribution in [0.1, 0.15) is 31.3 Å². The van der Waals surface area contributed by atoms with Gasteiger partial charge >= 0.3 is 0 Å². The molecule has 0 fully saturated rings. The van der Waals surface area contributed by atoms with Gasteiger partial charge in [0.15, 0.2) is 0 Å². The summed E-state index contributed by atoms with van der Waals surface area (Å²) in [5.74, 6) is -0.125. The fourth-order valence-corrected chi connectivity index (χ4v) is 3.45. The van der Waals surface area contributed by atoms with Crippen LogP contribution in [0.5, 0.6) is 0 Å². The predicted molar refractivity (Wildman–Crippen MR) is 83.3 cm³/mol. The highest BCUT2D eigenvalue weighted by molar-refractivity contribution is 7.20. The lowest BCUT2D eigenvalue weighted by molar-refractivity contribution is 0.0574. The first-order chi connectivity index (χ1) is 9.49. The topological polar surface area (TPSA) is 53.4 Å². The van der Waals surface area contributed by atoms with Crippen molar-refractivity contribution in [2.75, 3.05) is 6.54 Å². The van der Waals surface area contributed by atoms with Gasteiger partial charge < -0.3 is 10.0 Å². The summed E-state index contributed by atoms with van der Waals surface area (Å²) in [7, 11) is 0. The lowest BCUT2D eigenvalue weighted by Crippen LogP contribution is -2.41. The van der Waals surface area contributed by atoms with Crippen LogP contribution >= 0.6 is 22.7 Å². The van der Waals surface area contributed by atoms with E-state index in [1.807, 2.05) is 31.4 Å².